The minimum atomic E-state index is -0.531. The second kappa shape index (κ2) is 5.81. The summed E-state index contributed by atoms with van der Waals surface area (Å²) in [6, 6.07) is 3.72. The highest BCUT2D eigenvalue weighted by molar-refractivity contribution is 5.19. The molecule has 0 spiro atoms. The Bertz CT molecular complexity index is 312. The first-order valence-electron chi connectivity index (χ1n) is 5.31. The molecular formula is C12H17F2N. The summed E-state index contributed by atoms with van der Waals surface area (Å²) >= 11 is 0. The molecule has 15 heavy (non-hydrogen) atoms. The fraction of sp³-hybridized carbons (Fsp3) is 0.500. The summed E-state index contributed by atoms with van der Waals surface area (Å²) in [5, 5.41) is 0. The smallest absolute Gasteiger partial charge is 0.129 e. The number of rotatable bonds is 5. The van der Waals surface area contributed by atoms with Gasteiger partial charge in [0.15, 0.2) is 0 Å². The maximum atomic E-state index is 13.3. The molecule has 1 rings (SSSR count). The van der Waals surface area contributed by atoms with E-state index >= 15 is 0 Å². The molecule has 84 valence electrons. The topological polar surface area (TPSA) is 26.0 Å². The summed E-state index contributed by atoms with van der Waals surface area (Å²) in [5.74, 6) is -0.712. The van der Waals surface area contributed by atoms with Crippen molar-refractivity contribution in [3.8, 4) is 0 Å². The molecule has 3 heteroatoms. The van der Waals surface area contributed by atoms with E-state index in [0.717, 1.165) is 18.9 Å². The monoisotopic (exact) mass is 213 g/mol. The van der Waals surface area contributed by atoms with E-state index in [1.165, 1.54) is 12.1 Å². The summed E-state index contributed by atoms with van der Waals surface area (Å²) in [6.07, 6.45) is 2.61. The van der Waals surface area contributed by atoms with Crippen LogP contribution in [0.25, 0.3) is 0 Å². The standard InChI is InChI=1S/C12H17F2N/c1-2-3-9(8-15)6-10-4-5-11(13)7-12(10)14/h4-5,7,9H,2-3,6,8,15H2,1H3. The molecule has 0 aliphatic heterocycles. The van der Waals surface area contributed by atoms with Gasteiger partial charge in [-0.2, -0.15) is 0 Å². The zero-order valence-corrected chi connectivity index (χ0v) is 8.97. The van der Waals surface area contributed by atoms with Crippen molar-refractivity contribution in [1.29, 1.82) is 0 Å². The molecule has 2 N–H and O–H groups in total. The lowest BCUT2D eigenvalue weighted by molar-refractivity contribution is 0.472. The largest absolute Gasteiger partial charge is 0.330 e. The van der Waals surface area contributed by atoms with Gasteiger partial charge in [-0.05, 0) is 36.9 Å². The third-order valence-electron chi connectivity index (χ3n) is 2.55. The zero-order chi connectivity index (χ0) is 11.3. The van der Waals surface area contributed by atoms with Gasteiger partial charge < -0.3 is 5.73 Å². The third kappa shape index (κ3) is 3.59. The van der Waals surface area contributed by atoms with Crippen molar-refractivity contribution in [1.82, 2.24) is 0 Å². The molecule has 0 aliphatic carbocycles. The highest BCUT2D eigenvalue weighted by Gasteiger charge is 2.10. The van der Waals surface area contributed by atoms with Crippen LogP contribution in [-0.2, 0) is 6.42 Å². The van der Waals surface area contributed by atoms with Gasteiger partial charge in [-0.25, -0.2) is 8.78 Å². The molecule has 0 saturated heterocycles. The van der Waals surface area contributed by atoms with E-state index < -0.39 is 11.6 Å². The van der Waals surface area contributed by atoms with Gasteiger partial charge in [-0.3, -0.25) is 0 Å². The minimum absolute atomic E-state index is 0.287. The van der Waals surface area contributed by atoms with Crippen LogP contribution < -0.4 is 5.73 Å². The van der Waals surface area contributed by atoms with Crippen LogP contribution in [0.3, 0.4) is 0 Å². The molecule has 0 radical (unpaired) electrons. The van der Waals surface area contributed by atoms with E-state index in [4.69, 9.17) is 5.73 Å². The summed E-state index contributed by atoms with van der Waals surface area (Å²) in [4.78, 5) is 0. The molecule has 1 unspecified atom stereocenters. The zero-order valence-electron chi connectivity index (χ0n) is 8.97. The summed E-state index contributed by atoms with van der Waals surface area (Å²) in [6.45, 7) is 2.62. The number of hydrogen-bond acceptors (Lipinski definition) is 1. The second-order valence-electron chi connectivity index (χ2n) is 3.83. The number of benzene rings is 1. The predicted octanol–water partition coefficient (Wildman–Crippen LogP) is 2.88. The first kappa shape index (κ1) is 12.1. The summed E-state index contributed by atoms with van der Waals surface area (Å²) in [5.41, 5.74) is 6.15. The fourth-order valence-electron chi connectivity index (χ4n) is 1.71. The van der Waals surface area contributed by atoms with Gasteiger partial charge >= 0.3 is 0 Å². The normalized spacial score (nSPS) is 12.8. The molecule has 0 aliphatic rings. The Labute approximate surface area is 89.3 Å². The number of nitrogens with two attached hydrogens (primary N) is 1. The molecule has 0 saturated carbocycles. The van der Waals surface area contributed by atoms with Crippen molar-refractivity contribution in [2.75, 3.05) is 6.54 Å². The lowest BCUT2D eigenvalue weighted by Gasteiger charge is -2.13. The molecule has 0 heterocycles. The second-order valence-corrected chi connectivity index (χ2v) is 3.83. The van der Waals surface area contributed by atoms with Crippen LogP contribution in [0, 0.1) is 17.6 Å². The molecule has 0 bridgehead atoms. The van der Waals surface area contributed by atoms with Crippen molar-refractivity contribution in [3.05, 3.63) is 35.4 Å². The van der Waals surface area contributed by atoms with Gasteiger partial charge in [0.05, 0.1) is 0 Å². The highest BCUT2D eigenvalue weighted by atomic mass is 19.1. The average Bonchev–Trinajstić information content (AvgIpc) is 2.21. The molecule has 1 aromatic rings. The van der Waals surface area contributed by atoms with Gasteiger partial charge in [0.1, 0.15) is 11.6 Å². The Balaban J connectivity index is 2.70. The van der Waals surface area contributed by atoms with Crippen LogP contribution in [0.4, 0.5) is 8.78 Å². The maximum absolute atomic E-state index is 13.3. The van der Waals surface area contributed by atoms with Crippen molar-refractivity contribution < 1.29 is 8.78 Å². The molecule has 0 fully saturated rings. The predicted molar refractivity (Wildman–Crippen MR) is 57.5 cm³/mol. The first-order chi connectivity index (χ1) is 7.17. The fourth-order valence-corrected chi connectivity index (χ4v) is 1.71. The molecule has 1 atom stereocenters. The molecular weight excluding hydrogens is 196 g/mol. The number of halogens is 2. The summed E-state index contributed by atoms with van der Waals surface area (Å²) in [7, 11) is 0. The van der Waals surface area contributed by atoms with Crippen molar-refractivity contribution >= 4 is 0 Å². The average molecular weight is 213 g/mol. The van der Waals surface area contributed by atoms with Gasteiger partial charge in [-0.15, -0.1) is 0 Å². The molecule has 1 nitrogen and oxygen atoms in total. The SMILES string of the molecule is CCCC(CN)Cc1ccc(F)cc1F. The van der Waals surface area contributed by atoms with Crippen LogP contribution in [0.5, 0.6) is 0 Å². The lowest BCUT2D eigenvalue weighted by Crippen LogP contribution is -2.17. The number of hydrogen-bond donors (Lipinski definition) is 1. The van der Waals surface area contributed by atoms with Crippen molar-refractivity contribution in [3.63, 3.8) is 0 Å². The van der Waals surface area contributed by atoms with Crippen molar-refractivity contribution in [2.24, 2.45) is 11.7 Å². The highest BCUT2D eigenvalue weighted by Crippen LogP contribution is 2.16. The Morgan fingerprint density at radius 2 is 2.07 bits per heavy atom. The van der Waals surface area contributed by atoms with Crippen LogP contribution in [0.15, 0.2) is 18.2 Å². The van der Waals surface area contributed by atoms with E-state index in [2.05, 4.69) is 6.92 Å². The maximum Gasteiger partial charge on any atom is 0.129 e. The van der Waals surface area contributed by atoms with Gasteiger partial charge in [0.2, 0.25) is 0 Å². The Hall–Kier alpha value is -0.960. The molecule has 0 aromatic heterocycles. The third-order valence-corrected chi connectivity index (χ3v) is 2.55. The Morgan fingerprint density at radius 3 is 2.60 bits per heavy atom. The first-order valence-corrected chi connectivity index (χ1v) is 5.31. The quantitative estimate of drug-likeness (QED) is 0.799. The van der Waals surface area contributed by atoms with E-state index in [0.29, 0.717) is 18.5 Å². The summed E-state index contributed by atoms with van der Waals surface area (Å²) < 4.78 is 26.0. The Morgan fingerprint density at radius 1 is 1.33 bits per heavy atom. The van der Waals surface area contributed by atoms with Gasteiger partial charge in [0.25, 0.3) is 0 Å². The van der Waals surface area contributed by atoms with E-state index in [1.54, 1.807) is 0 Å². The minimum Gasteiger partial charge on any atom is -0.330 e. The van der Waals surface area contributed by atoms with E-state index in [9.17, 15) is 8.78 Å². The Kier molecular flexibility index (Phi) is 4.69. The lowest BCUT2D eigenvalue weighted by atomic mass is 9.95. The van der Waals surface area contributed by atoms with E-state index in [1.807, 2.05) is 0 Å². The molecule has 1 aromatic carbocycles. The van der Waals surface area contributed by atoms with Crippen LogP contribution in [0.1, 0.15) is 25.3 Å². The van der Waals surface area contributed by atoms with Crippen LogP contribution >= 0.6 is 0 Å². The van der Waals surface area contributed by atoms with Gasteiger partial charge in [-0.1, -0.05) is 19.4 Å². The van der Waals surface area contributed by atoms with Gasteiger partial charge in [0, 0.05) is 6.07 Å². The van der Waals surface area contributed by atoms with Crippen LogP contribution in [0.2, 0.25) is 0 Å². The molecule has 0 amide bonds. The van der Waals surface area contributed by atoms with Crippen molar-refractivity contribution in [2.45, 2.75) is 26.2 Å². The van der Waals surface area contributed by atoms with Crippen LogP contribution in [-0.4, -0.2) is 6.54 Å². The van der Waals surface area contributed by atoms with E-state index in [-0.39, 0.29) is 5.92 Å².